The van der Waals surface area contributed by atoms with E-state index in [9.17, 15) is 18.0 Å². The number of thioether (sulfide) groups is 1. The SMILES string of the molecule is NC(=O)c1cccc(N)c1OCCSC(F)(F)F. The quantitative estimate of drug-likeness (QED) is 0.638. The topological polar surface area (TPSA) is 78.3 Å². The van der Waals surface area contributed by atoms with Gasteiger partial charge in [0, 0.05) is 5.75 Å². The van der Waals surface area contributed by atoms with Crippen LogP contribution in [0.25, 0.3) is 0 Å². The van der Waals surface area contributed by atoms with Crippen molar-refractivity contribution in [2.24, 2.45) is 5.73 Å². The van der Waals surface area contributed by atoms with Crippen molar-refractivity contribution in [1.82, 2.24) is 0 Å². The smallest absolute Gasteiger partial charge is 0.441 e. The molecule has 0 spiro atoms. The van der Waals surface area contributed by atoms with E-state index in [-0.39, 0.29) is 41.1 Å². The molecule has 1 amide bonds. The van der Waals surface area contributed by atoms with Crippen LogP contribution in [-0.2, 0) is 0 Å². The fourth-order valence-electron chi connectivity index (χ4n) is 1.21. The zero-order chi connectivity index (χ0) is 13.8. The Hall–Kier alpha value is -1.57. The third-order valence-electron chi connectivity index (χ3n) is 1.91. The highest BCUT2D eigenvalue weighted by molar-refractivity contribution is 8.00. The van der Waals surface area contributed by atoms with Crippen LogP contribution >= 0.6 is 11.8 Å². The van der Waals surface area contributed by atoms with Gasteiger partial charge in [0.25, 0.3) is 5.91 Å². The third-order valence-corrected chi connectivity index (χ3v) is 2.60. The first kappa shape index (κ1) is 14.5. The van der Waals surface area contributed by atoms with Crippen LogP contribution in [0.2, 0.25) is 0 Å². The van der Waals surface area contributed by atoms with E-state index in [2.05, 4.69) is 0 Å². The molecule has 0 bridgehead atoms. The van der Waals surface area contributed by atoms with Crippen LogP contribution in [0.15, 0.2) is 18.2 Å². The maximum atomic E-state index is 11.9. The summed E-state index contributed by atoms with van der Waals surface area (Å²) in [6.45, 7) is -0.224. The second-order valence-electron chi connectivity index (χ2n) is 3.23. The second kappa shape index (κ2) is 5.85. The molecule has 0 aromatic heterocycles. The van der Waals surface area contributed by atoms with Gasteiger partial charge in [-0.2, -0.15) is 13.2 Å². The number of hydrogen-bond donors (Lipinski definition) is 2. The predicted molar refractivity (Wildman–Crippen MR) is 63.4 cm³/mol. The summed E-state index contributed by atoms with van der Waals surface area (Å²) in [5.41, 5.74) is 6.56. The maximum absolute atomic E-state index is 11.9. The van der Waals surface area contributed by atoms with Gasteiger partial charge in [-0.25, -0.2) is 0 Å². The maximum Gasteiger partial charge on any atom is 0.441 e. The molecule has 0 atom stereocenters. The molecular formula is C10H11F3N2O2S. The van der Waals surface area contributed by atoms with Crippen LogP contribution in [-0.4, -0.2) is 23.8 Å². The Morgan fingerprint density at radius 1 is 1.39 bits per heavy atom. The van der Waals surface area contributed by atoms with E-state index in [0.717, 1.165) is 0 Å². The fourth-order valence-corrected chi connectivity index (χ4v) is 1.61. The number of carbonyl (C=O) groups is 1. The number of hydrogen-bond acceptors (Lipinski definition) is 4. The van der Waals surface area contributed by atoms with Crippen LogP contribution in [0.4, 0.5) is 18.9 Å². The summed E-state index contributed by atoms with van der Waals surface area (Å²) in [7, 11) is 0. The lowest BCUT2D eigenvalue weighted by Crippen LogP contribution is -2.15. The molecule has 1 rings (SSSR count). The van der Waals surface area contributed by atoms with Gasteiger partial charge in [-0.3, -0.25) is 4.79 Å². The Balaban J connectivity index is 2.64. The fraction of sp³-hybridized carbons (Fsp3) is 0.300. The van der Waals surface area contributed by atoms with Crippen LogP contribution in [0.5, 0.6) is 5.75 Å². The lowest BCUT2D eigenvalue weighted by atomic mass is 10.1. The van der Waals surface area contributed by atoms with Crippen molar-refractivity contribution in [3.63, 3.8) is 0 Å². The van der Waals surface area contributed by atoms with Gasteiger partial charge in [0.1, 0.15) is 0 Å². The Labute approximate surface area is 105 Å². The van der Waals surface area contributed by atoms with Crippen molar-refractivity contribution in [2.45, 2.75) is 5.51 Å². The summed E-state index contributed by atoms with van der Waals surface area (Å²) in [6, 6.07) is 4.37. The number of rotatable bonds is 5. The van der Waals surface area contributed by atoms with Gasteiger partial charge in [0.05, 0.1) is 17.9 Å². The number of carbonyl (C=O) groups excluding carboxylic acids is 1. The molecule has 100 valence electrons. The van der Waals surface area contributed by atoms with E-state index >= 15 is 0 Å². The number of alkyl halides is 3. The largest absolute Gasteiger partial charge is 0.490 e. The van der Waals surface area contributed by atoms with E-state index in [1.807, 2.05) is 0 Å². The molecular weight excluding hydrogens is 269 g/mol. The number of benzene rings is 1. The molecule has 4 N–H and O–H groups in total. The van der Waals surface area contributed by atoms with Gasteiger partial charge in [0.2, 0.25) is 0 Å². The standard InChI is InChI=1S/C10H11F3N2O2S/c11-10(12,13)18-5-4-17-8-6(9(15)16)2-1-3-7(8)14/h1-3H,4-5,14H2,(H2,15,16). The highest BCUT2D eigenvalue weighted by atomic mass is 32.2. The van der Waals surface area contributed by atoms with Crippen molar-refractivity contribution >= 4 is 23.4 Å². The van der Waals surface area contributed by atoms with Gasteiger partial charge in [0.15, 0.2) is 5.75 Å². The normalized spacial score (nSPS) is 11.3. The molecule has 0 unspecified atom stereocenters. The summed E-state index contributed by atoms with van der Waals surface area (Å²) in [6.07, 6.45) is 0. The molecule has 0 radical (unpaired) electrons. The monoisotopic (exact) mass is 280 g/mol. The summed E-state index contributed by atoms with van der Waals surface area (Å²) in [5, 5.41) is 0. The zero-order valence-corrected chi connectivity index (χ0v) is 9.98. The van der Waals surface area contributed by atoms with Crippen molar-refractivity contribution in [3.05, 3.63) is 23.8 Å². The first-order valence-electron chi connectivity index (χ1n) is 4.83. The Bertz CT molecular complexity index is 438. The molecule has 8 heteroatoms. The molecule has 18 heavy (non-hydrogen) atoms. The number of halogens is 3. The number of anilines is 1. The van der Waals surface area contributed by atoms with Crippen LogP contribution in [0.3, 0.4) is 0 Å². The highest BCUT2D eigenvalue weighted by Crippen LogP contribution is 2.31. The minimum atomic E-state index is -4.31. The molecule has 4 nitrogen and oxygen atoms in total. The van der Waals surface area contributed by atoms with E-state index in [0.29, 0.717) is 0 Å². The van der Waals surface area contributed by atoms with Crippen molar-refractivity contribution in [1.29, 1.82) is 0 Å². The first-order chi connectivity index (χ1) is 8.31. The first-order valence-corrected chi connectivity index (χ1v) is 5.81. The number of amides is 1. The molecule has 0 saturated heterocycles. The number of nitrogen functional groups attached to an aromatic ring is 1. The van der Waals surface area contributed by atoms with E-state index in [4.69, 9.17) is 16.2 Å². The average Bonchev–Trinajstić information content (AvgIpc) is 2.24. The molecule has 0 aliphatic heterocycles. The lowest BCUT2D eigenvalue weighted by Gasteiger charge is -2.12. The third kappa shape index (κ3) is 4.36. The molecule has 0 fully saturated rings. The van der Waals surface area contributed by atoms with Crippen LogP contribution in [0.1, 0.15) is 10.4 Å². The van der Waals surface area contributed by atoms with Gasteiger partial charge >= 0.3 is 5.51 Å². The minimum Gasteiger partial charge on any atom is -0.490 e. The van der Waals surface area contributed by atoms with Gasteiger partial charge < -0.3 is 16.2 Å². The number of ether oxygens (including phenoxy) is 1. The van der Waals surface area contributed by atoms with Crippen molar-refractivity contribution in [2.75, 3.05) is 18.1 Å². The molecule has 1 aromatic carbocycles. The molecule has 0 saturated carbocycles. The highest BCUT2D eigenvalue weighted by Gasteiger charge is 2.27. The van der Waals surface area contributed by atoms with Crippen molar-refractivity contribution in [3.8, 4) is 5.75 Å². The van der Waals surface area contributed by atoms with Crippen LogP contribution < -0.4 is 16.2 Å². The van der Waals surface area contributed by atoms with E-state index < -0.39 is 11.4 Å². The number of nitrogens with two attached hydrogens (primary N) is 2. The number of para-hydroxylation sites is 1. The van der Waals surface area contributed by atoms with Crippen molar-refractivity contribution < 1.29 is 22.7 Å². The molecule has 0 aliphatic carbocycles. The summed E-state index contributed by atoms with van der Waals surface area (Å²) >= 11 is -0.209. The Morgan fingerprint density at radius 3 is 2.61 bits per heavy atom. The van der Waals surface area contributed by atoms with Gasteiger partial charge in [-0.15, -0.1) is 0 Å². The zero-order valence-electron chi connectivity index (χ0n) is 9.16. The van der Waals surface area contributed by atoms with Crippen LogP contribution in [0, 0.1) is 0 Å². The molecule has 0 heterocycles. The molecule has 1 aromatic rings. The van der Waals surface area contributed by atoms with Gasteiger partial charge in [-0.05, 0) is 23.9 Å². The predicted octanol–water partition coefficient (Wildman–Crippen LogP) is 2.00. The Morgan fingerprint density at radius 2 is 2.06 bits per heavy atom. The summed E-state index contributed by atoms with van der Waals surface area (Å²) in [5.74, 6) is -1.02. The number of primary amides is 1. The lowest BCUT2D eigenvalue weighted by molar-refractivity contribution is -0.0329. The van der Waals surface area contributed by atoms with E-state index in [1.165, 1.54) is 18.2 Å². The minimum absolute atomic E-state index is 0.0211. The average molecular weight is 280 g/mol. The van der Waals surface area contributed by atoms with Gasteiger partial charge in [-0.1, -0.05) is 6.07 Å². The summed E-state index contributed by atoms with van der Waals surface area (Å²) in [4.78, 5) is 11.1. The summed E-state index contributed by atoms with van der Waals surface area (Å²) < 4.78 is 40.7. The second-order valence-corrected chi connectivity index (χ2v) is 4.39. The molecule has 0 aliphatic rings. The Kier molecular flexibility index (Phi) is 4.71. The van der Waals surface area contributed by atoms with E-state index in [1.54, 1.807) is 0 Å².